The lowest BCUT2D eigenvalue weighted by atomic mass is 10.1. The van der Waals surface area contributed by atoms with Crippen LogP contribution in [0.5, 0.6) is 5.75 Å². The summed E-state index contributed by atoms with van der Waals surface area (Å²) in [5, 5.41) is 4.21. The van der Waals surface area contributed by atoms with Crippen LogP contribution in [0, 0.1) is 0 Å². The number of nitrogens with zero attached hydrogens (tertiary/aromatic N) is 2. The lowest BCUT2D eigenvalue weighted by molar-refractivity contribution is 0.414. The molecule has 7 heteroatoms. The standard InChI is InChI=1S/C24H19Cl2N3O2/c1-15(27-21-14-17(25)8-13-20(21)26)22-23(16-6-4-3-5-7-16)28-29(24(22)30)18-9-11-19(31-2)12-10-18/h3-14,28H,1-2H3. The van der Waals surface area contributed by atoms with Gasteiger partial charge in [-0.1, -0.05) is 53.5 Å². The van der Waals surface area contributed by atoms with Gasteiger partial charge >= 0.3 is 0 Å². The fourth-order valence-electron chi connectivity index (χ4n) is 3.31. The molecule has 0 aliphatic heterocycles. The van der Waals surface area contributed by atoms with Crippen molar-refractivity contribution in [2.75, 3.05) is 7.11 Å². The van der Waals surface area contributed by atoms with E-state index in [0.29, 0.717) is 44.1 Å². The summed E-state index contributed by atoms with van der Waals surface area (Å²) in [4.78, 5) is 18.1. The Hall–Kier alpha value is -3.28. The van der Waals surface area contributed by atoms with Crippen molar-refractivity contribution in [3.05, 3.63) is 98.8 Å². The summed E-state index contributed by atoms with van der Waals surface area (Å²) in [6, 6.07) is 21.9. The summed E-state index contributed by atoms with van der Waals surface area (Å²) in [6.07, 6.45) is 0. The zero-order valence-corrected chi connectivity index (χ0v) is 18.4. The Morgan fingerprint density at radius 1 is 1.00 bits per heavy atom. The number of hydrogen-bond acceptors (Lipinski definition) is 3. The van der Waals surface area contributed by atoms with Crippen LogP contribution >= 0.6 is 23.2 Å². The predicted molar refractivity (Wildman–Crippen MR) is 127 cm³/mol. The molecule has 0 amide bonds. The van der Waals surface area contributed by atoms with Gasteiger partial charge in [0.1, 0.15) is 5.75 Å². The molecule has 0 aliphatic rings. The molecule has 0 fully saturated rings. The third-order valence-electron chi connectivity index (χ3n) is 4.84. The number of benzene rings is 3. The third-order valence-corrected chi connectivity index (χ3v) is 5.40. The molecule has 0 saturated heterocycles. The van der Waals surface area contributed by atoms with E-state index in [1.807, 2.05) is 42.5 Å². The molecule has 0 radical (unpaired) electrons. The van der Waals surface area contributed by atoms with Gasteiger partial charge in [-0.2, -0.15) is 0 Å². The third kappa shape index (κ3) is 4.29. The predicted octanol–water partition coefficient (Wildman–Crippen LogP) is 6.29. The monoisotopic (exact) mass is 451 g/mol. The number of hydrogen-bond donors (Lipinski definition) is 1. The summed E-state index contributed by atoms with van der Waals surface area (Å²) in [5.74, 6) is 0.709. The molecule has 0 unspecified atom stereocenters. The van der Waals surface area contributed by atoms with Crippen molar-refractivity contribution in [1.29, 1.82) is 0 Å². The zero-order valence-electron chi connectivity index (χ0n) is 16.9. The van der Waals surface area contributed by atoms with Crippen molar-refractivity contribution >= 4 is 34.6 Å². The first-order valence-corrected chi connectivity index (χ1v) is 10.3. The second-order valence-electron chi connectivity index (χ2n) is 6.86. The summed E-state index contributed by atoms with van der Waals surface area (Å²) >= 11 is 12.4. The van der Waals surface area contributed by atoms with E-state index in [9.17, 15) is 4.79 Å². The first-order chi connectivity index (χ1) is 15.0. The Morgan fingerprint density at radius 3 is 2.39 bits per heavy atom. The smallest absolute Gasteiger partial charge is 0.280 e. The van der Waals surface area contributed by atoms with Crippen molar-refractivity contribution in [2.45, 2.75) is 6.92 Å². The molecule has 31 heavy (non-hydrogen) atoms. The van der Waals surface area contributed by atoms with E-state index in [2.05, 4.69) is 10.1 Å². The summed E-state index contributed by atoms with van der Waals surface area (Å²) in [5.41, 5.74) is 3.48. The molecular weight excluding hydrogens is 433 g/mol. The van der Waals surface area contributed by atoms with E-state index in [1.54, 1.807) is 44.4 Å². The molecule has 0 aliphatic carbocycles. The van der Waals surface area contributed by atoms with Crippen LogP contribution in [0.2, 0.25) is 10.0 Å². The van der Waals surface area contributed by atoms with Crippen LogP contribution in [0.4, 0.5) is 5.69 Å². The minimum absolute atomic E-state index is 0.219. The van der Waals surface area contributed by atoms with Crippen molar-refractivity contribution in [3.8, 4) is 22.7 Å². The van der Waals surface area contributed by atoms with Gasteiger partial charge in [0.2, 0.25) is 0 Å². The summed E-state index contributed by atoms with van der Waals surface area (Å²) in [6.45, 7) is 1.78. The van der Waals surface area contributed by atoms with Crippen molar-refractivity contribution in [1.82, 2.24) is 9.78 Å². The van der Waals surface area contributed by atoms with E-state index >= 15 is 0 Å². The van der Waals surface area contributed by atoms with Gasteiger partial charge in [-0.05, 0) is 49.4 Å². The number of nitrogens with one attached hydrogen (secondary N) is 1. The highest BCUT2D eigenvalue weighted by Crippen LogP contribution is 2.30. The lowest BCUT2D eigenvalue weighted by Gasteiger charge is -2.04. The Morgan fingerprint density at radius 2 is 1.71 bits per heavy atom. The Labute approximate surface area is 189 Å². The van der Waals surface area contributed by atoms with E-state index in [4.69, 9.17) is 27.9 Å². The van der Waals surface area contributed by atoms with E-state index in [1.165, 1.54) is 4.68 Å². The van der Waals surface area contributed by atoms with Crippen LogP contribution < -0.4 is 10.3 Å². The Balaban J connectivity index is 1.91. The zero-order chi connectivity index (χ0) is 22.0. The number of rotatable bonds is 5. The van der Waals surface area contributed by atoms with Crippen LogP contribution in [0.25, 0.3) is 16.9 Å². The molecule has 0 spiro atoms. The molecule has 0 bridgehead atoms. The SMILES string of the molecule is COc1ccc(-n2[nH]c(-c3ccccc3)c(C(C)=Nc3cc(Cl)ccc3Cl)c2=O)cc1. The first-order valence-electron chi connectivity index (χ1n) is 9.53. The maximum Gasteiger partial charge on any atom is 0.280 e. The maximum atomic E-state index is 13.5. The number of halogens is 2. The second-order valence-corrected chi connectivity index (χ2v) is 7.70. The second kappa shape index (κ2) is 8.84. The highest BCUT2D eigenvalue weighted by atomic mass is 35.5. The van der Waals surface area contributed by atoms with Gasteiger partial charge in [0.15, 0.2) is 0 Å². The average molecular weight is 452 g/mol. The maximum absolute atomic E-state index is 13.5. The number of aliphatic imine (C=N–C) groups is 1. The first kappa shape index (κ1) is 21.0. The molecule has 0 saturated carbocycles. The van der Waals surface area contributed by atoms with Gasteiger partial charge in [0.05, 0.1) is 40.5 Å². The molecule has 3 aromatic carbocycles. The molecule has 1 aromatic heterocycles. The van der Waals surface area contributed by atoms with Gasteiger partial charge in [-0.25, -0.2) is 4.68 Å². The number of methoxy groups -OCH3 is 1. The van der Waals surface area contributed by atoms with Crippen LogP contribution in [0.3, 0.4) is 0 Å². The number of H-pyrrole nitrogens is 1. The van der Waals surface area contributed by atoms with Gasteiger partial charge in [-0.3, -0.25) is 14.9 Å². The topological polar surface area (TPSA) is 59.4 Å². The Kier molecular flexibility index (Phi) is 5.98. The fraction of sp³-hybridized carbons (Fsp3) is 0.0833. The normalized spacial score (nSPS) is 11.5. The molecule has 156 valence electrons. The fourth-order valence-corrected chi connectivity index (χ4v) is 3.63. The van der Waals surface area contributed by atoms with Crippen molar-refractivity contribution < 1.29 is 4.74 Å². The molecular formula is C24H19Cl2N3O2. The molecule has 4 rings (SSSR count). The van der Waals surface area contributed by atoms with Gasteiger partial charge in [0, 0.05) is 10.6 Å². The van der Waals surface area contributed by atoms with Crippen LogP contribution in [-0.2, 0) is 0 Å². The summed E-state index contributed by atoms with van der Waals surface area (Å²) in [7, 11) is 1.60. The van der Waals surface area contributed by atoms with Gasteiger partial charge in [0.25, 0.3) is 5.56 Å². The van der Waals surface area contributed by atoms with Crippen LogP contribution in [0.1, 0.15) is 12.5 Å². The van der Waals surface area contributed by atoms with Gasteiger partial charge in [-0.15, -0.1) is 0 Å². The molecule has 1 N–H and O–H groups in total. The van der Waals surface area contributed by atoms with Crippen LogP contribution in [-0.4, -0.2) is 22.6 Å². The highest BCUT2D eigenvalue weighted by Gasteiger charge is 2.19. The van der Waals surface area contributed by atoms with Crippen LogP contribution in [0.15, 0.2) is 82.6 Å². The van der Waals surface area contributed by atoms with Gasteiger partial charge < -0.3 is 4.74 Å². The molecule has 5 nitrogen and oxygen atoms in total. The molecule has 1 heterocycles. The van der Waals surface area contributed by atoms with E-state index in [0.717, 1.165) is 5.56 Å². The highest BCUT2D eigenvalue weighted by molar-refractivity contribution is 6.35. The Bertz CT molecular complexity index is 1310. The van der Waals surface area contributed by atoms with E-state index in [-0.39, 0.29) is 5.56 Å². The molecule has 0 atom stereocenters. The van der Waals surface area contributed by atoms with Crippen molar-refractivity contribution in [2.24, 2.45) is 4.99 Å². The average Bonchev–Trinajstić information content (AvgIpc) is 3.14. The molecule has 4 aromatic rings. The quantitative estimate of drug-likeness (QED) is 0.362. The lowest BCUT2D eigenvalue weighted by Crippen LogP contribution is -2.19. The number of aromatic nitrogens is 2. The minimum Gasteiger partial charge on any atom is -0.497 e. The van der Waals surface area contributed by atoms with Crippen molar-refractivity contribution in [3.63, 3.8) is 0 Å². The number of ether oxygens (including phenoxy) is 1. The minimum atomic E-state index is -0.219. The largest absolute Gasteiger partial charge is 0.497 e. The number of aromatic amines is 1. The summed E-state index contributed by atoms with van der Waals surface area (Å²) < 4.78 is 6.71. The van der Waals surface area contributed by atoms with E-state index < -0.39 is 0 Å².